The summed E-state index contributed by atoms with van der Waals surface area (Å²) in [5.74, 6) is -0.625. The Morgan fingerprint density at radius 1 is 0.875 bits per heavy atom. The van der Waals surface area contributed by atoms with Crippen molar-refractivity contribution in [2.45, 2.75) is 115 Å². The van der Waals surface area contributed by atoms with Crippen LogP contribution in [0, 0.1) is 0 Å². The summed E-state index contributed by atoms with van der Waals surface area (Å²) in [5, 5.41) is 6.79. The number of fused-ring (bicyclic) bond motifs is 3. The topological polar surface area (TPSA) is 131 Å². The van der Waals surface area contributed by atoms with Gasteiger partial charge in [0.05, 0.1) is 0 Å². The van der Waals surface area contributed by atoms with Crippen LogP contribution < -0.4 is 15.4 Å². The van der Waals surface area contributed by atoms with E-state index in [1.54, 1.807) is 6.20 Å². The van der Waals surface area contributed by atoms with Crippen LogP contribution in [0.3, 0.4) is 0 Å². The summed E-state index contributed by atoms with van der Waals surface area (Å²) in [6.07, 6.45) is 6.18. The molecule has 5 heterocycles. The fraction of sp³-hybridized carbons (Fsp3) is 0.714. The van der Waals surface area contributed by atoms with Gasteiger partial charge in [0.15, 0.2) is 17.9 Å². The van der Waals surface area contributed by atoms with Gasteiger partial charge < -0.3 is 39.1 Å². The van der Waals surface area contributed by atoms with E-state index in [9.17, 15) is 0 Å². The largest absolute Gasteiger partial charge is 0.460 e. The molecule has 40 heavy (non-hydrogen) atoms. The van der Waals surface area contributed by atoms with Crippen LogP contribution in [0.4, 0.5) is 11.9 Å². The number of ether oxygens (including phenoxy) is 6. The minimum absolute atomic E-state index is 0.147. The summed E-state index contributed by atoms with van der Waals surface area (Å²) in [4.78, 5) is 18.2. The second-order valence-electron chi connectivity index (χ2n) is 11.8. The molecule has 4 fully saturated rings. The smallest absolute Gasteiger partial charge is 0.323 e. The van der Waals surface area contributed by atoms with Gasteiger partial charge in [-0.15, -0.1) is 0 Å². The van der Waals surface area contributed by atoms with E-state index in [0.29, 0.717) is 24.5 Å². The van der Waals surface area contributed by atoms with Crippen LogP contribution in [0.1, 0.15) is 65.5 Å². The third-order valence-electron chi connectivity index (χ3n) is 7.57. The lowest BCUT2D eigenvalue weighted by atomic mass is 9.96. The van der Waals surface area contributed by atoms with Crippen LogP contribution in [0.25, 0.3) is 0 Å². The SMILES string of the molecule is CC1(C)O[C@H]2[C@@H](O1)[C@@H](COc1nc(NCCc3ccccn3)nc(NC3CCCCC3)n1)O[C@@H]1OC(C)(C)O[C@@H]12. The number of aromatic nitrogens is 4. The zero-order chi connectivity index (χ0) is 27.7. The predicted octanol–water partition coefficient (Wildman–Crippen LogP) is 3.44. The lowest BCUT2D eigenvalue weighted by Crippen LogP contribution is -2.56. The highest BCUT2D eigenvalue weighted by molar-refractivity contribution is 5.37. The monoisotopic (exact) mass is 556 g/mol. The number of pyridine rings is 1. The third-order valence-corrected chi connectivity index (χ3v) is 7.57. The summed E-state index contributed by atoms with van der Waals surface area (Å²) in [7, 11) is 0. The fourth-order valence-corrected chi connectivity index (χ4v) is 5.83. The van der Waals surface area contributed by atoms with E-state index in [0.717, 1.165) is 25.0 Å². The third kappa shape index (κ3) is 6.46. The molecule has 3 aliphatic heterocycles. The van der Waals surface area contributed by atoms with Crippen molar-refractivity contribution in [2.75, 3.05) is 23.8 Å². The quantitative estimate of drug-likeness (QED) is 0.469. The van der Waals surface area contributed by atoms with Crippen LogP contribution in [0.2, 0.25) is 0 Å². The van der Waals surface area contributed by atoms with Gasteiger partial charge in [0.1, 0.15) is 31.0 Å². The Hall–Kier alpha value is -2.64. The minimum Gasteiger partial charge on any atom is -0.460 e. The molecule has 2 N–H and O–H groups in total. The van der Waals surface area contributed by atoms with Crippen molar-refractivity contribution in [1.29, 1.82) is 0 Å². The first-order valence-electron chi connectivity index (χ1n) is 14.4. The zero-order valence-corrected chi connectivity index (χ0v) is 23.7. The van der Waals surface area contributed by atoms with Crippen LogP contribution in [0.15, 0.2) is 24.4 Å². The molecule has 2 aromatic heterocycles. The van der Waals surface area contributed by atoms with Crippen molar-refractivity contribution in [3.8, 4) is 6.01 Å². The molecule has 12 nitrogen and oxygen atoms in total. The minimum atomic E-state index is -0.782. The van der Waals surface area contributed by atoms with Gasteiger partial charge >= 0.3 is 6.01 Å². The standard InChI is InChI=1S/C28H40N6O6/c1-27(2)37-20-19(36-23-22(21(20)38-27)39-28(3,4)40-23)16-35-26-33-24(30-15-13-17-10-8-9-14-29-17)32-25(34-26)31-18-11-6-5-7-12-18/h8-10,14,18-23H,5-7,11-13,15-16H2,1-4H3,(H2,30,31,32,33,34)/t19-,20+,21+,22-,23-/m1/s1. The number of hydrogen-bond donors (Lipinski definition) is 2. The Morgan fingerprint density at radius 3 is 2.42 bits per heavy atom. The second kappa shape index (κ2) is 11.3. The molecule has 0 amide bonds. The fourth-order valence-electron chi connectivity index (χ4n) is 5.83. The first-order valence-corrected chi connectivity index (χ1v) is 14.4. The molecule has 4 aliphatic rings. The predicted molar refractivity (Wildman–Crippen MR) is 145 cm³/mol. The Labute approximate surface area is 234 Å². The highest BCUT2D eigenvalue weighted by Crippen LogP contribution is 2.44. The molecule has 0 spiro atoms. The molecule has 0 bridgehead atoms. The summed E-state index contributed by atoms with van der Waals surface area (Å²) >= 11 is 0. The zero-order valence-electron chi connectivity index (χ0n) is 23.7. The lowest BCUT2D eigenvalue weighted by molar-refractivity contribution is -0.238. The first-order chi connectivity index (χ1) is 19.2. The highest BCUT2D eigenvalue weighted by Gasteiger charge is 2.60. The van der Waals surface area contributed by atoms with Crippen molar-refractivity contribution < 1.29 is 28.4 Å². The Bertz CT molecular complexity index is 1150. The molecular formula is C28H40N6O6. The van der Waals surface area contributed by atoms with Gasteiger partial charge in [-0.3, -0.25) is 4.98 Å². The molecule has 0 unspecified atom stereocenters. The summed E-state index contributed by atoms with van der Waals surface area (Å²) < 4.78 is 37.0. The molecule has 0 radical (unpaired) electrons. The molecule has 6 rings (SSSR count). The van der Waals surface area contributed by atoms with Gasteiger partial charge in [-0.05, 0) is 52.7 Å². The molecule has 12 heteroatoms. The Balaban J connectivity index is 1.16. The maximum absolute atomic E-state index is 6.28. The Morgan fingerprint density at radius 2 is 1.62 bits per heavy atom. The second-order valence-corrected chi connectivity index (χ2v) is 11.8. The van der Waals surface area contributed by atoms with Crippen molar-refractivity contribution in [2.24, 2.45) is 0 Å². The average Bonchev–Trinajstić information content (AvgIpc) is 3.42. The molecule has 0 aromatic carbocycles. The summed E-state index contributed by atoms with van der Waals surface area (Å²) in [6.45, 7) is 8.27. The lowest BCUT2D eigenvalue weighted by Gasteiger charge is -2.36. The average molecular weight is 557 g/mol. The molecular weight excluding hydrogens is 516 g/mol. The molecule has 5 atom stereocenters. The normalized spacial score (nSPS) is 30.9. The van der Waals surface area contributed by atoms with E-state index < -0.39 is 36.2 Å². The van der Waals surface area contributed by atoms with Crippen LogP contribution in [-0.2, 0) is 30.1 Å². The van der Waals surface area contributed by atoms with Crippen molar-refractivity contribution in [3.05, 3.63) is 30.1 Å². The first kappa shape index (κ1) is 27.5. The van der Waals surface area contributed by atoms with Crippen LogP contribution in [0.5, 0.6) is 6.01 Å². The van der Waals surface area contributed by atoms with Crippen LogP contribution >= 0.6 is 0 Å². The number of hydrogen-bond acceptors (Lipinski definition) is 12. The number of nitrogens with zero attached hydrogens (tertiary/aromatic N) is 4. The van der Waals surface area contributed by atoms with Crippen molar-refractivity contribution in [1.82, 2.24) is 19.9 Å². The van der Waals surface area contributed by atoms with E-state index in [2.05, 4.69) is 30.6 Å². The molecule has 2 aromatic rings. The van der Waals surface area contributed by atoms with Crippen molar-refractivity contribution in [3.63, 3.8) is 0 Å². The van der Waals surface area contributed by atoms with E-state index in [1.807, 2.05) is 45.9 Å². The van der Waals surface area contributed by atoms with Gasteiger partial charge in [-0.2, -0.15) is 15.0 Å². The number of anilines is 2. The molecule has 3 saturated heterocycles. The van der Waals surface area contributed by atoms with Gasteiger partial charge in [0.25, 0.3) is 0 Å². The van der Waals surface area contributed by atoms with E-state index in [4.69, 9.17) is 28.4 Å². The highest BCUT2D eigenvalue weighted by atomic mass is 16.9. The van der Waals surface area contributed by atoms with Gasteiger partial charge in [0, 0.05) is 30.9 Å². The molecule has 1 aliphatic carbocycles. The van der Waals surface area contributed by atoms with E-state index >= 15 is 0 Å². The van der Waals surface area contributed by atoms with Gasteiger partial charge in [0.2, 0.25) is 11.9 Å². The van der Waals surface area contributed by atoms with Gasteiger partial charge in [-0.25, -0.2) is 0 Å². The number of nitrogens with one attached hydrogen (secondary N) is 2. The molecule has 1 saturated carbocycles. The Kier molecular flexibility index (Phi) is 7.79. The van der Waals surface area contributed by atoms with Crippen LogP contribution in [-0.4, -0.2) is 81.4 Å². The number of rotatable bonds is 9. The maximum Gasteiger partial charge on any atom is 0.323 e. The molecule has 218 valence electrons. The summed E-state index contributed by atoms with van der Waals surface area (Å²) in [5.41, 5.74) is 0.992. The summed E-state index contributed by atoms with van der Waals surface area (Å²) in [6, 6.07) is 6.42. The van der Waals surface area contributed by atoms with E-state index in [1.165, 1.54) is 19.3 Å². The van der Waals surface area contributed by atoms with E-state index in [-0.39, 0.29) is 18.7 Å². The van der Waals surface area contributed by atoms with Crippen molar-refractivity contribution >= 4 is 11.9 Å². The maximum atomic E-state index is 6.28. The van der Waals surface area contributed by atoms with Gasteiger partial charge in [-0.1, -0.05) is 25.3 Å².